The number of Topliss-reactive ketones (excluding diaryl/α,β-unsaturated/α-hetero) is 4. The molecule has 0 bridgehead atoms. The van der Waals surface area contributed by atoms with Gasteiger partial charge in [0.2, 0.25) is 23.6 Å². The van der Waals surface area contributed by atoms with Crippen molar-refractivity contribution in [2.45, 2.75) is 265 Å². The molecular weight excluding hydrogens is 1640 g/mol. The molecule has 16 atom stereocenters. The maximum absolute atomic E-state index is 14.2. The summed E-state index contributed by atoms with van der Waals surface area (Å²) >= 11 is 0. The molecule has 6 fully saturated rings. The molecular formula is C105H136F2N6O16. The number of likely N-dealkylation sites (tertiary alicyclic amines) is 4. The lowest BCUT2D eigenvalue weighted by molar-refractivity contribution is -0.149. The molecule has 22 nitrogen and oxygen atoms in total. The van der Waals surface area contributed by atoms with Gasteiger partial charge in [0.1, 0.15) is 11.6 Å². The van der Waals surface area contributed by atoms with Gasteiger partial charge < -0.3 is 48.3 Å². The lowest BCUT2D eigenvalue weighted by Crippen LogP contribution is -2.46. The molecule has 696 valence electrons. The lowest BCUT2D eigenvalue weighted by atomic mass is 9.87. The van der Waals surface area contributed by atoms with E-state index in [2.05, 4.69) is 58.3 Å². The fourth-order valence-electron chi connectivity index (χ4n) is 20.2. The van der Waals surface area contributed by atoms with Crippen LogP contribution >= 0.6 is 0 Å². The van der Waals surface area contributed by atoms with Crippen LogP contribution in [-0.2, 0) is 102 Å². The van der Waals surface area contributed by atoms with E-state index in [4.69, 9.17) is 18.9 Å². The number of carbonyl (C=O) groups is 12. The zero-order valence-corrected chi connectivity index (χ0v) is 76.9. The Morgan fingerprint density at radius 1 is 0.302 bits per heavy atom. The SMILES string of the molecule is C.CC[C@H](C)[C@H](CC(=O)OC)C(=O)N1CCC[C@H]1C(=O)Cc1ccc([C@@H]2CC[C@@H](c3ccc(CC(=O)[C@@H]4CCCN4C(=O)[C@@H](CC(=O)OC)[C@@H](C)CC)cc3)N2c2ccc(F)cc2)cc1.CC[C@H](C)[C@H](CC(=O)OC)C(=O)N1CCC[C@H]1C(=O)Cc1ccc([C@H]2CC[C@H](c3ccc(CC(=O)[C@@H]4CCCN4C(=O)[C@@H](CC(=O)OC)[C@@H](C)CC)cc3)N2c2ccc(F)cc2)cc1. The van der Waals surface area contributed by atoms with Crippen LogP contribution in [0, 0.1) is 59.0 Å². The normalized spacial score (nSPS) is 21.4. The molecule has 4 amide bonds. The number of ether oxygens (including phenoxy) is 4. The summed E-state index contributed by atoms with van der Waals surface area (Å²) in [6, 6.07) is 43.2. The Balaban J connectivity index is 0.000000266. The number of methoxy groups -OCH3 is 4. The van der Waals surface area contributed by atoms with Crippen molar-refractivity contribution in [1.82, 2.24) is 19.6 Å². The van der Waals surface area contributed by atoms with Gasteiger partial charge in [0.15, 0.2) is 23.1 Å². The highest BCUT2D eigenvalue weighted by Gasteiger charge is 2.46. The Kier molecular flexibility index (Phi) is 36.7. The van der Waals surface area contributed by atoms with Gasteiger partial charge in [0.25, 0.3) is 0 Å². The lowest BCUT2D eigenvalue weighted by Gasteiger charge is -2.33. The van der Waals surface area contributed by atoms with Gasteiger partial charge in [-0.1, -0.05) is 186 Å². The van der Waals surface area contributed by atoms with Gasteiger partial charge in [-0.15, -0.1) is 0 Å². The Bertz CT molecular complexity index is 4260. The summed E-state index contributed by atoms with van der Waals surface area (Å²) in [7, 11) is 5.29. The highest BCUT2D eigenvalue weighted by Crippen LogP contribution is 2.50. The quantitative estimate of drug-likeness (QED) is 0.0258. The molecule has 129 heavy (non-hydrogen) atoms. The Labute approximate surface area is 761 Å². The molecule has 6 saturated heterocycles. The number of nitrogens with zero attached hydrogens (tertiary/aromatic N) is 6. The average Bonchev–Trinajstić information content (AvgIpc) is 1.63. The Morgan fingerprint density at radius 3 is 0.674 bits per heavy atom. The number of carbonyl (C=O) groups excluding carboxylic acids is 12. The molecule has 0 aliphatic carbocycles. The fourth-order valence-corrected chi connectivity index (χ4v) is 20.2. The first kappa shape index (κ1) is 100. The molecule has 6 heterocycles. The van der Waals surface area contributed by atoms with Crippen molar-refractivity contribution >= 4 is 82.0 Å². The molecule has 0 radical (unpaired) electrons. The summed E-state index contributed by atoms with van der Waals surface area (Å²) in [6.07, 6.45) is 12.3. The molecule has 24 heteroatoms. The zero-order valence-electron chi connectivity index (χ0n) is 76.9. The minimum Gasteiger partial charge on any atom is -0.469 e. The van der Waals surface area contributed by atoms with Gasteiger partial charge in [-0.05, 0) is 194 Å². The van der Waals surface area contributed by atoms with Gasteiger partial charge in [-0.3, -0.25) is 57.5 Å². The van der Waals surface area contributed by atoms with Crippen LogP contribution < -0.4 is 9.80 Å². The molecule has 6 aliphatic rings. The van der Waals surface area contributed by atoms with Crippen molar-refractivity contribution in [3.8, 4) is 0 Å². The van der Waals surface area contributed by atoms with Crippen LogP contribution in [0.5, 0.6) is 0 Å². The van der Waals surface area contributed by atoms with Gasteiger partial charge in [0, 0.05) is 63.2 Å². The molecule has 0 saturated carbocycles. The predicted molar refractivity (Wildman–Crippen MR) is 492 cm³/mol. The van der Waals surface area contributed by atoms with Crippen LogP contribution in [0.4, 0.5) is 20.2 Å². The van der Waals surface area contributed by atoms with E-state index in [1.54, 1.807) is 43.9 Å². The molecule has 6 aliphatic heterocycles. The van der Waals surface area contributed by atoms with Gasteiger partial charge in [0.05, 0.1) is 126 Å². The first-order valence-corrected chi connectivity index (χ1v) is 46.6. The summed E-state index contributed by atoms with van der Waals surface area (Å²) < 4.78 is 48.0. The average molecular weight is 1780 g/mol. The number of halogens is 2. The number of esters is 4. The van der Waals surface area contributed by atoms with Crippen LogP contribution in [0.1, 0.15) is 260 Å². The predicted octanol–water partition coefficient (Wildman–Crippen LogP) is 17.8. The van der Waals surface area contributed by atoms with E-state index in [-0.39, 0.29) is 165 Å². The van der Waals surface area contributed by atoms with Crippen LogP contribution in [0.2, 0.25) is 0 Å². The van der Waals surface area contributed by atoms with Crippen molar-refractivity contribution in [1.29, 1.82) is 0 Å². The van der Waals surface area contributed by atoms with E-state index in [1.807, 2.05) is 104 Å². The summed E-state index contributed by atoms with van der Waals surface area (Å²) in [5.41, 5.74) is 9.47. The third kappa shape index (κ3) is 24.7. The number of hydrogen-bond donors (Lipinski definition) is 0. The van der Waals surface area contributed by atoms with E-state index in [0.29, 0.717) is 51.9 Å². The van der Waals surface area contributed by atoms with E-state index >= 15 is 0 Å². The second-order valence-corrected chi connectivity index (χ2v) is 36.4. The number of amides is 4. The maximum Gasteiger partial charge on any atom is 0.306 e. The maximum atomic E-state index is 14.2. The van der Waals surface area contributed by atoms with Gasteiger partial charge >= 0.3 is 23.9 Å². The largest absolute Gasteiger partial charge is 0.469 e. The van der Waals surface area contributed by atoms with Crippen LogP contribution in [-0.4, -0.2) is 169 Å². The minimum atomic E-state index is -0.535. The molecule has 12 rings (SSSR count). The summed E-state index contributed by atoms with van der Waals surface area (Å²) in [6.45, 7) is 17.8. The Morgan fingerprint density at radius 2 is 0.496 bits per heavy atom. The highest BCUT2D eigenvalue weighted by atomic mass is 19.1. The third-order valence-electron chi connectivity index (χ3n) is 28.7. The molecule has 0 unspecified atom stereocenters. The van der Waals surface area contributed by atoms with Crippen molar-refractivity contribution in [2.75, 3.05) is 64.4 Å². The van der Waals surface area contributed by atoms with Crippen molar-refractivity contribution in [2.24, 2.45) is 47.3 Å². The molecule has 0 spiro atoms. The highest BCUT2D eigenvalue weighted by molar-refractivity contribution is 5.96. The number of hydrogen-bond acceptors (Lipinski definition) is 18. The molecule has 6 aromatic rings. The topological polar surface area (TPSA) is 261 Å². The number of benzene rings is 6. The van der Waals surface area contributed by atoms with Crippen molar-refractivity contribution in [3.05, 3.63) is 202 Å². The first-order chi connectivity index (χ1) is 61.5. The molecule has 0 N–H and O–H groups in total. The van der Waals surface area contributed by atoms with E-state index in [1.165, 1.54) is 52.7 Å². The van der Waals surface area contributed by atoms with E-state index in [0.717, 1.165) is 133 Å². The second-order valence-electron chi connectivity index (χ2n) is 36.4. The van der Waals surface area contributed by atoms with Gasteiger partial charge in [-0.2, -0.15) is 0 Å². The van der Waals surface area contributed by atoms with Crippen LogP contribution in [0.3, 0.4) is 0 Å². The minimum absolute atomic E-state index is 0. The summed E-state index contributed by atoms with van der Waals surface area (Å²) in [4.78, 5) is 170. The third-order valence-corrected chi connectivity index (χ3v) is 28.7. The summed E-state index contributed by atoms with van der Waals surface area (Å²) in [5.74, 6) is -5.28. The standard InChI is InChI=1S/2C52H66FN3O8.CH4/c2*1-7-33(3)41(31-49(59)63-5)51(61)54-27-9-11-45(54)47(57)29-35-13-17-37(18-14-35)43-25-26-44(56(43)40-23-21-39(53)22-24-40)38-19-15-36(16-20-38)30-48(58)46-12-10-28-55(46)52(62)42(34(4)8-2)32-50(60)64-6;/h2*13-24,33-34,41-46H,7-12,25-32H2,1-6H3;1H4/t33-,34-,41-,42-,43+,44+,45-,46-;33-,34-,41-,42-,43-,44-,45-,46-;/m00./s1. The zero-order chi connectivity index (χ0) is 92.2. The Hall–Kier alpha value is -10.8. The van der Waals surface area contributed by atoms with Crippen LogP contribution in [0.25, 0.3) is 0 Å². The smallest absolute Gasteiger partial charge is 0.306 e. The van der Waals surface area contributed by atoms with E-state index < -0.39 is 71.7 Å². The number of anilines is 2. The first-order valence-electron chi connectivity index (χ1n) is 46.6. The monoisotopic (exact) mass is 1770 g/mol. The summed E-state index contributed by atoms with van der Waals surface area (Å²) in [5, 5.41) is 0. The number of ketones is 4. The fraction of sp³-hybridized carbons (Fsp3) is 0.543. The van der Waals surface area contributed by atoms with Crippen LogP contribution in [0.15, 0.2) is 146 Å². The van der Waals surface area contributed by atoms with Gasteiger partial charge in [-0.25, -0.2) is 8.78 Å². The molecule has 6 aromatic carbocycles. The van der Waals surface area contributed by atoms with Crippen molar-refractivity contribution in [3.63, 3.8) is 0 Å². The molecule has 0 aromatic heterocycles. The number of rotatable bonds is 38. The second kappa shape index (κ2) is 47.2. The van der Waals surface area contributed by atoms with Crippen molar-refractivity contribution < 1.29 is 85.3 Å². The van der Waals surface area contributed by atoms with E-state index in [9.17, 15) is 66.3 Å².